The quantitative estimate of drug-likeness (QED) is 0.591. The molecule has 0 saturated heterocycles. The van der Waals surface area contributed by atoms with Crippen LogP contribution in [-0.2, 0) is 0 Å². The Balaban J connectivity index is 2.08. The second-order valence-electron chi connectivity index (χ2n) is 5.35. The van der Waals surface area contributed by atoms with Crippen LogP contribution in [0.4, 0.5) is 10.1 Å². The Morgan fingerprint density at radius 1 is 1.22 bits per heavy atom. The number of carbonyl (C=O) groups excluding carboxylic acids is 1. The van der Waals surface area contributed by atoms with Crippen LogP contribution < -0.4 is 10.6 Å². The van der Waals surface area contributed by atoms with Crippen molar-refractivity contribution in [2.45, 2.75) is 19.8 Å². The Morgan fingerprint density at radius 3 is 2.61 bits per heavy atom. The van der Waals surface area contributed by atoms with Gasteiger partial charge in [-0.25, -0.2) is 4.39 Å². The zero-order chi connectivity index (χ0) is 17.0. The van der Waals surface area contributed by atoms with E-state index in [1.165, 1.54) is 18.2 Å². The second kappa shape index (κ2) is 7.19. The predicted molar refractivity (Wildman–Crippen MR) is 92.3 cm³/mol. The smallest absolute Gasteiger partial charge is 0.257 e. The van der Waals surface area contributed by atoms with Gasteiger partial charge in [-0.05, 0) is 54.0 Å². The first kappa shape index (κ1) is 16.9. The van der Waals surface area contributed by atoms with Gasteiger partial charge in [-0.3, -0.25) is 10.1 Å². The summed E-state index contributed by atoms with van der Waals surface area (Å²) in [5, 5.41) is 15.1. The molecule has 0 saturated carbocycles. The van der Waals surface area contributed by atoms with E-state index in [4.69, 9.17) is 12.2 Å². The molecule has 4 nitrogen and oxygen atoms in total. The lowest BCUT2D eigenvalue weighted by Crippen LogP contribution is -2.34. The van der Waals surface area contributed by atoms with Crippen molar-refractivity contribution in [3.63, 3.8) is 0 Å². The molecule has 0 aliphatic rings. The van der Waals surface area contributed by atoms with Gasteiger partial charge in [0.25, 0.3) is 5.91 Å². The van der Waals surface area contributed by atoms with E-state index in [0.29, 0.717) is 5.69 Å². The Labute approximate surface area is 139 Å². The van der Waals surface area contributed by atoms with Crippen LogP contribution in [-0.4, -0.2) is 16.1 Å². The fraction of sp³-hybridized carbons (Fsp3) is 0.176. The number of hydrogen-bond donors (Lipinski definition) is 3. The molecule has 0 spiro atoms. The van der Waals surface area contributed by atoms with Gasteiger partial charge in [0.2, 0.25) is 0 Å². The molecule has 0 bridgehead atoms. The lowest BCUT2D eigenvalue weighted by atomic mass is 10.0. The van der Waals surface area contributed by atoms with Crippen molar-refractivity contribution >= 4 is 28.9 Å². The summed E-state index contributed by atoms with van der Waals surface area (Å²) in [7, 11) is 0. The Morgan fingerprint density at radius 2 is 1.96 bits per heavy atom. The molecule has 0 aromatic heterocycles. The number of thiocarbonyl (C=S) groups is 1. The normalized spacial score (nSPS) is 10.4. The van der Waals surface area contributed by atoms with Gasteiger partial charge in [0.05, 0.1) is 5.69 Å². The Hall–Kier alpha value is -2.47. The van der Waals surface area contributed by atoms with Gasteiger partial charge in [0.15, 0.2) is 5.11 Å². The third-order valence-electron chi connectivity index (χ3n) is 3.25. The molecule has 3 N–H and O–H groups in total. The summed E-state index contributed by atoms with van der Waals surface area (Å²) in [6.45, 7) is 4.06. The van der Waals surface area contributed by atoms with Crippen molar-refractivity contribution < 1.29 is 14.3 Å². The molecule has 0 unspecified atom stereocenters. The molecule has 1 amide bonds. The minimum Gasteiger partial charge on any atom is -0.506 e. The number of rotatable bonds is 3. The van der Waals surface area contributed by atoms with Crippen LogP contribution in [0.15, 0.2) is 42.5 Å². The number of phenolic OH excluding ortho intramolecular Hbond substituents is 1. The van der Waals surface area contributed by atoms with E-state index < -0.39 is 11.7 Å². The number of anilines is 1. The molecule has 6 heteroatoms. The van der Waals surface area contributed by atoms with Gasteiger partial charge in [0.1, 0.15) is 11.6 Å². The summed E-state index contributed by atoms with van der Waals surface area (Å²) < 4.78 is 13.1. The van der Waals surface area contributed by atoms with Crippen LogP contribution in [0.2, 0.25) is 0 Å². The molecule has 0 aliphatic heterocycles. The van der Waals surface area contributed by atoms with Gasteiger partial charge in [-0.2, -0.15) is 0 Å². The van der Waals surface area contributed by atoms with Crippen molar-refractivity contribution in [1.82, 2.24) is 5.32 Å². The largest absolute Gasteiger partial charge is 0.506 e. The summed E-state index contributed by atoms with van der Waals surface area (Å²) in [5.74, 6) is -0.719. The van der Waals surface area contributed by atoms with Crippen LogP contribution in [0.25, 0.3) is 0 Å². The number of halogens is 1. The molecule has 2 aromatic carbocycles. The van der Waals surface area contributed by atoms with Gasteiger partial charge in [-0.15, -0.1) is 0 Å². The van der Waals surface area contributed by atoms with Gasteiger partial charge < -0.3 is 10.4 Å². The number of amides is 1. The first-order valence-corrected chi connectivity index (χ1v) is 7.48. The number of hydrogen-bond acceptors (Lipinski definition) is 3. The highest BCUT2D eigenvalue weighted by Crippen LogP contribution is 2.27. The number of nitrogens with one attached hydrogen (secondary N) is 2. The monoisotopic (exact) mass is 332 g/mol. The molecule has 0 atom stereocenters. The number of phenols is 1. The molecular formula is C17H17FN2O2S. The lowest BCUT2D eigenvalue weighted by Gasteiger charge is -2.13. The molecule has 0 heterocycles. The lowest BCUT2D eigenvalue weighted by molar-refractivity contribution is 0.0977. The highest BCUT2D eigenvalue weighted by atomic mass is 32.1. The van der Waals surface area contributed by atoms with Crippen molar-refractivity contribution in [3.8, 4) is 5.75 Å². The summed E-state index contributed by atoms with van der Waals surface area (Å²) in [6.07, 6.45) is 0. The Kier molecular flexibility index (Phi) is 5.28. The molecule has 2 aromatic rings. The molecule has 2 rings (SSSR count). The van der Waals surface area contributed by atoms with E-state index in [2.05, 4.69) is 10.6 Å². The summed E-state index contributed by atoms with van der Waals surface area (Å²) in [4.78, 5) is 12.0. The van der Waals surface area contributed by atoms with E-state index in [0.717, 1.165) is 11.6 Å². The van der Waals surface area contributed by atoms with Crippen molar-refractivity contribution in [1.29, 1.82) is 0 Å². The average Bonchev–Trinajstić information content (AvgIpc) is 2.49. The number of carbonyl (C=O) groups is 1. The van der Waals surface area contributed by atoms with Crippen LogP contribution in [0.1, 0.15) is 35.7 Å². The van der Waals surface area contributed by atoms with Gasteiger partial charge >= 0.3 is 0 Å². The van der Waals surface area contributed by atoms with Crippen LogP contribution in [0, 0.1) is 5.82 Å². The topological polar surface area (TPSA) is 61.4 Å². The minimum absolute atomic E-state index is 0.0236. The average molecular weight is 332 g/mol. The van der Waals surface area contributed by atoms with Crippen molar-refractivity contribution in [3.05, 3.63) is 59.4 Å². The highest BCUT2D eigenvalue weighted by molar-refractivity contribution is 7.80. The zero-order valence-corrected chi connectivity index (χ0v) is 13.6. The second-order valence-corrected chi connectivity index (χ2v) is 5.76. The van der Waals surface area contributed by atoms with Crippen LogP contribution in [0.3, 0.4) is 0 Å². The summed E-state index contributed by atoms with van der Waals surface area (Å²) in [5.41, 5.74) is 1.58. The van der Waals surface area contributed by atoms with Gasteiger partial charge in [-0.1, -0.05) is 26.0 Å². The third kappa shape index (κ3) is 4.50. The van der Waals surface area contributed by atoms with E-state index in [1.54, 1.807) is 12.1 Å². The first-order valence-electron chi connectivity index (χ1n) is 7.07. The minimum atomic E-state index is -0.526. The fourth-order valence-corrected chi connectivity index (χ4v) is 2.17. The standard InChI is InChI=1S/C17H17FN2O2S/c1-10(2)11-6-7-15(21)14(9-11)19-17(23)20-16(22)12-4-3-5-13(18)8-12/h3-10,21H,1-2H3,(H2,19,20,22,23). The number of benzene rings is 2. The summed E-state index contributed by atoms with van der Waals surface area (Å²) >= 11 is 5.07. The van der Waals surface area contributed by atoms with Gasteiger partial charge in [0, 0.05) is 5.56 Å². The first-order chi connectivity index (χ1) is 10.9. The van der Waals surface area contributed by atoms with Crippen LogP contribution >= 0.6 is 12.2 Å². The maximum atomic E-state index is 13.1. The maximum absolute atomic E-state index is 13.1. The maximum Gasteiger partial charge on any atom is 0.257 e. The van der Waals surface area contributed by atoms with E-state index >= 15 is 0 Å². The van der Waals surface area contributed by atoms with E-state index in [9.17, 15) is 14.3 Å². The highest BCUT2D eigenvalue weighted by Gasteiger charge is 2.11. The fourth-order valence-electron chi connectivity index (χ4n) is 1.97. The zero-order valence-electron chi connectivity index (χ0n) is 12.8. The number of aromatic hydroxyl groups is 1. The van der Waals surface area contributed by atoms with Crippen molar-refractivity contribution in [2.75, 3.05) is 5.32 Å². The Bertz CT molecular complexity index is 747. The molecule has 0 aliphatic carbocycles. The molecular weight excluding hydrogens is 315 g/mol. The molecule has 0 radical (unpaired) electrons. The van der Waals surface area contributed by atoms with E-state index in [1.807, 2.05) is 19.9 Å². The molecule has 120 valence electrons. The third-order valence-corrected chi connectivity index (χ3v) is 3.45. The predicted octanol–water partition coefficient (Wildman–Crippen LogP) is 3.78. The molecule has 23 heavy (non-hydrogen) atoms. The van der Waals surface area contributed by atoms with Crippen molar-refractivity contribution in [2.24, 2.45) is 0 Å². The SMILES string of the molecule is CC(C)c1ccc(O)c(NC(=S)NC(=O)c2cccc(F)c2)c1. The van der Waals surface area contributed by atoms with E-state index in [-0.39, 0.29) is 22.3 Å². The van der Waals surface area contributed by atoms with Crippen LogP contribution in [0.5, 0.6) is 5.75 Å². The summed E-state index contributed by atoms with van der Waals surface area (Å²) in [6, 6.07) is 10.4. The molecule has 0 fully saturated rings.